The van der Waals surface area contributed by atoms with Crippen LogP contribution in [0, 0.1) is 11.7 Å². The van der Waals surface area contributed by atoms with Crippen molar-refractivity contribution in [3.8, 4) is 0 Å². The number of likely N-dealkylation sites (tertiary alicyclic amines) is 1. The molecule has 1 aromatic heterocycles. The molecule has 3 aliphatic rings. The van der Waals surface area contributed by atoms with Gasteiger partial charge in [0.25, 0.3) is 0 Å². The maximum absolute atomic E-state index is 15.4. The van der Waals surface area contributed by atoms with Crippen LogP contribution in [0.1, 0.15) is 40.0 Å². The van der Waals surface area contributed by atoms with Gasteiger partial charge in [0, 0.05) is 71.2 Å². The van der Waals surface area contributed by atoms with Crippen LogP contribution in [0.5, 0.6) is 0 Å². The summed E-state index contributed by atoms with van der Waals surface area (Å²) in [7, 11) is 1.77. The van der Waals surface area contributed by atoms with Crippen molar-refractivity contribution in [2.75, 3.05) is 62.2 Å². The Morgan fingerprint density at radius 1 is 1.08 bits per heavy atom. The molecule has 212 valence electrons. The van der Waals surface area contributed by atoms with Gasteiger partial charge in [-0.2, -0.15) is 5.10 Å². The van der Waals surface area contributed by atoms with Gasteiger partial charge in [-0.05, 0) is 51.7 Å². The Morgan fingerprint density at radius 2 is 1.77 bits per heavy atom. The number of aromatic nitrogens is 2. The van der Waals surface area contributed by atoms with Crippen molar-refractivity contribution in [1.29, 1.82) is 0 Å². The normalized spacial score (nSPS) is 20.1. The number of piperazine rings is 1. The molecule has 4 amide bonds. The molecule has 0 bridgehead atoms. The number of urea groups is 1. The van der Waals surface area contributed by atoms with Crippen molar-refractivity contribution in [2.24, 2.45) is 13.0 Å². The van der Waals surface area contributed by atoms with Crippen LogP contribution in [0.3, 0.4) is 0 Å². The van der Waals surface area contributed by atoms with Crippen LogP contribution in [0.2, 0.25) is 0 Å². The number of carbonyl (C=O) groups is 3. The Hall–Kier alpha value is -3.41. The molecule has 5 rings (SSSR count). The molecule has 1 N–H and O–H groups in total. The summed E-state index contributed by atoms with van der Waals surface area (Å²) < 4.78 is 22.5. The molecule has 0 aliphatic carbocycles. The van der Waals surface area contributed by atoms with E-state index in [1.54, 1.807) is 22.7 Å². The third kappa shape index (κ3) is 5.95. The summed E-state index contributed by atoms with van der Waals surface area (Å²) in [6.07, 6.45) is 1.86. The first-order chi connectivity index (χ1) is 18.5. The van der Waals surface area contributed by atoms with E-state index in [0.717, 1.165) is 38.0 Å². The molecule has 39 heavy (non-hydrogen) atoms. The first kappa shape index (κ1) is 27.2. The molecule has 0 saturated carbocycles. The zero-order valence-electron chi connectivity index (χ0n) is 23.2. The highest BCUT2D eigenvalue weighted by molar-refractivity contribution is 6.09. The van der Waals surface area contributed by atoms with Gasteiger partial charge in [0.05, 0.1) is 11.2 Å². The Bertz CT molecular complexity index is 1260. The summed E-state index contributed by atoms with van der Waals surface area (Å²) >= 11 is 0. The van der Waals surface area contributed by atoms with E-state index in [-0.39, 0.29) is 30.8 Å². The van der Waals surface area contributed by atoms with Gasteiger partial charge in [-0.3, -0.25) is 24.6 Å². The molecule has 0 radical (unpaired) electrons. The average Bonchev–Trinajstić information content (AvgIpc) is 3.18. The maximum Gasteiger partial charge on any atom is 0.410 e. The van der Waals surface area contributed by atoms with Crippen molar-refractivity contribution >= 4 is 40.4 Å². The smallest absolute Gasteiger partial charge is 0.410 e. The first-order valence-corrected chi connectivity index (χ1v) is 13.7. The molecular weight excluding hydrogens is 505 g/mol. The van der Waals surface area contributed by atoms with E-state index in [1.807, 2.05) is 20.8 Å². The number of aryl methyl sites for hydroxylation is 1. The molecule has 3 fully saturated rings. The van der Waals surface area contributed by atoms with Crippen molar-refractivity contribution in [1.82, 2.24) is 24.9 Å². The Balaban J connectivity index is 1.18. The standard InChI is InChI=1S/C27H38FN7O4/c1-27(2,3)39-26(38)34-8-5-18(6-9-34)17-32-11-13-33(14-12-32)22-16-21-19(15-20(22)28)24(30-31(21)4)35-10-7-23(36)29-25(35)37/h15-16,18H,5-14,17H2,1-4H3,(H,29,36,37). The minimum atomic E-state index is -0.539. The van der Waals surface area contributed by atoms with Crippen molar-refractivity contribution in [3.63, 3.8) is 0 Å². The molecular formula is C27H38FN7O4. The topological polar surface area (TPSA) is 103 Å². The fourth-order valence-corrected chi connectivity index (χ4v) is 5.62. The van der Waals surface area contributed by atoms with Crippen molar-refractivity contribution < 1.29 is 23.5 Å². The number of ether oxygens (including phenoxy) is 1. The number of piperidine rings is 1. The number of nitrogens with zero attached hydrogens (tertiary/aromatic N) is 6. The zero-order chi connectivity index (χ0) is 27.9. The fourth-order valence-electron chi connectivity index (χ4n) is 5.62. The molecule has 11 nitrogen and oxygen atoms in total. The summed E-state index contributed by atoms with van der Waals surface area (Å²) in [6.45, 7) is 11.4. The van der Waals surface area contributed by atoms with E-state index >= 15 is 4.39 Å². The number of halogens is 1. The summed E-state index contributed by atoms with van der Waals surface area (Å²) in [6, 6.07) is 2.71. The van der Waals surface area contributed by atoms with Crippen LogP contribution in [0.25, 0.3) is 10.9 Å². The lowest BCUT2D eigenvalue weighted by molar-refractivity contribution is -0.120. The van der Waals surface area contributed by atoms with E-state index in [9.17, 15) is 14.4 Å². The minimum Gasteiger partial charge on any atom is -0.444 e. The predicted octanol–water partition coefficient (Wildman–Crippen LogP) is 2.93. The molecule has 0 spiro atoms. The monoisotopic (exact) mass is 543 g/mol. The number of amides is 4. The highest BCUT2D eigenvalue weighted by Crippen LogP contribution is 2.33. The zero-order valence-corrected chi connectivity index (χ0v) is 23.2. The number of benzene rings is 1. The second kappa shape index (κ2) is 10.6. The summed E-state index contributed by atoms with van der Waals surface area (Å²) in [4.78, 5) is 43.9. The van der Waals surface area contributed by atoms with Gasteiger partial charge in [-0.15, -0.1) is 0 Å². The quantitative estimate of drug-likeness (QED) is 0.633. The summed E-state index contributed by atoms with van der Waals surface area (Å²) in [5.41, 5.74) is 0.771. The van der Waals surface area contributed by atoms with Crippen LogP contribution >= 0.6 is 0 Å². The number of fused-ring (bicyclic) bond motifs is 1. The summed E-state index contributed by atoms with van der Waals surface area (Å²) in [5, 5.41) is 7.31. The van der Waals surface area contributed by atoms with E-state index in [2.05, 4.69) is 20.2 Å². The lowest BCUT2D eigenvalue weighted by Gasteiger charge is -2.39. The van der Waals surface area contributed by atoms with Crippen molar-refractivity contribution in [3.05, 3.63) is 17.9 Å². The molecule has 2 aromatic rings. The highest BCUT2D eigenvalue weighted by Gasteiger charge is 2.31. The Kier molecular flexibility index (Phi) is 7.41. The largest absolute Gasteiger partial charge is 0.444 e. The van der Waals surface area contributed by atoms with E-state index in [1.165, 1.54) is 11.0 Å². The van der Waals surface area contributed by atoms with Gasteiger partial charge in [-0.25, -0.2) is 14.0 Å². The van der Waals surface area contributed by atoms with Crippen LogP contribution in [0.15, 0.2) is 12.1 Å². The van der Waals surface area contributed by atoms with Crippen LogP contribution < -0.4 is 15.1 Å². The SMILES string of the molecule is Cn1nc(N2CCC(=O)NC2=O)c2cc(F)c(N3CCN(CC4CCN(C(=O)OC(C)(C)C)CC4)CC3)cc21. The average molecular weight is 544 g/mol. The lowest BCUT2D eigenvalue weighted by Crippen LogP contribution is -2.50. The first-order valence-electron chi connectivity index (χ1n) is 13.7. The molecule has 3 saturated heterocycles. The van der Waals surface area contributed by atoms with Gasteiger partial charge in [0.15, 0.2) is 5.82 Å². The lowest BCUT2D eigenvalue weighted by atomic mass is 9.96. The van der Waals surface area contributed by atoms with Crippen LogP contribution in [-0.4, -0.2) is 95.6 Å². The minimum absolute atomic E-state index is 0.178. The highest BCUT2D eigenvalue weighted by atomic mass is 19.1. The van der Waals surface area contributed by atoms with E-state index in [0.29, 0.717) is 49.0 Å². The second-order valence-corrected chi connectivity index (χ2v) is 11.7. The van der Waals surface area contributed by atoms with E-state index in [4.69, 9.17) is 4.74 Å². The Labute approximate surface area is 227 Å². The van der Waals surface area contributed by atoms with Gasteiger partial charge in [-0.1, -0.05) is 0 Å². The van der Waals surface area contributed by atoms with E-state index < -0.39 is 11.6 Å². The summed E-state index contributed by atoms with van der Waals surface area (Å²) in [5.74, 6) is 0.201. The van der Waals surface area contributed by atoms with Crippen LogP contribution in [-0.2, 0) is 16.6 Å². The molecule has 0 atom stereocenters. The third-order valence-corrected chi connectivity index (χ3v) is 7.70. The predicted molar refractivity (Wildman–Crippen MR) is 145 cm³/mol. The van der Waals surface area contributed by atoms with Gasteiger partial charge in [0.2, 0.25) is 5.91 Å². The number of anilines is 2. The maximum atomic E-state index is 15.4. The Morgan fingerprint density at radius 3 is 2.41 bits per heavy atom. The van der Waals surface area contributed by atoms with Gasteiger partial charge < -0.3 is 14.5 Å². The molecule has 1 aromatic carbocycles. The van der Waals surface area contributed by atoms with Crippen LogP contribution in [0.4, 0.5) is 25.5 Å². The number of imide groups is 1. The number of rotatable bonds is 4. The fraction of sp³-hybridized carbons (Fsp3) is 0.630. The molecule has 3 aliphatic heterocycles. The van der Waals surface area contributed by atoms with Gasteiger partial charge in [0.1, 0.15) is 11.4 Å². The number of hydrogen-bond donors (Lipinski definition) is 1. The van der Waals surface area contributed by atoms with Crippen molar-refractivity contribution in [2.45, 2.75) is 45.6 Å². The third-order valence-electron chi connectivity index (χ3n) is 7.70. The van der Waals surface area contributed by atoms with Gasteiger partial charge >= 0.3 is 12.1 Å². The number of nitrogens with one attached hydrogen (secondary N) is 1. The molecule has 0 unspecified atom stereocenters. The number of hydrogen-bond acceptors (Lipinski definition) is 7. The molecule has 4 heterocycles. The number of carbonyl (C=O) groups excluding carboxylic acids is 3. The second-order valence-electron chi connectivity index (χ2n) is 11.7. The molecule has 12 heteroatoms.